The molecule has 2 aliphatic heterocycles. The van der Waals surface area contributed by atoms with Gasteiger partial charge < -0.3 is 10.2 Å². The molecule has 0 aliphatic carbocycles. The zero-order valence-electron chi connectivity index (χ0n) is 20.5. The van der Waals surface area contributed by atoms with Crippen molar-refractivity contribution >= 4 is 23.4 Å². The van der Waals surface area contributed by atoms with E-state index in [2.05, 4.69) is 40.5 Å². The standard InChI is InChI=1S/C30H32ClN3O2/c31-26-11-6-8-22(18-26)20-34-21-25-14-13-24(19-27(25)30(34)36)29(35)32-15-7-17-33-16-5-4-12-28(33)23-9-2-1-3-10-23/h1-3,6,8-11,13-14,18-19,28H,4-5,7,12,15-17,20-21H2,(H,32,35). The van der Waals surface area contributed by atoms with Gasteiger partial charge in [-0.05, 0) is 66.8 Å². The lowest BCUT2D eigenvalue weighted by Crippen LogP contribution is -2.36. The van der Waals surface area contributed by atoms with Crippen LogP contribution in [-0.2, 0) is 13.1 Å². The third-order valence-corrected chi connectivity index (χ3v) is 7.45. The molecule has 1 atom stereocenters. The fourth-order valence-corrected chi connectivity index (χ4v) is 5.60. The predicted molar refractivity (Wildman–Crippen MR) is 143 cm³/mol. The van der Waals surface area contributed by atoms with Crippen LogP contribution in [0.5, 0.6) is 0 Å². The summed E-state index contributed by atoms with van der Waals surface area (Å²) in [5, 5.41) is 3.71. The molecule has 1 saturated heterocycles. The summed E-state index contributed by atoms with van der Waals surface area (Å²) < 4.78 is 0. The van der Waals surface area contributed by atoms with E-state index in [1.807, 2.05) is 36.4 Å². The summed E-state index contributed by atoms with van der Waals surface area (Å²) in [6, 6.07) is 24.2. The highest BCUT2D eigenvalue weighted by Gasteiger charge is 2.28. The van der Waals surface area contributed by atoms with Gasteiger partial charge in [0.05, 0.1) is 0 Å². The van der Waals surface area contributed by atoms with Crippen LogP contribution in [0.15, 0.2) is 72.8 Å². The molecule has 3 aromatic rings. The zero-order chi connectivity index (χ0) is 24.9. The molecule has 6 heteroatoms. The summed E-state index contributed by atoms with van der Waals surface area (Å²) >= 11 is 6.09. The van der Waals surface area contributed by atoms with Crippen molar-refractivity contribution in [3.05, 3.63) is 106 Å². The van der Waals surface area contributed by atoms with E-state index in [9.17, 15) is 9.59 Å². The fraction of sp³-hybridized carbons (Fsp3) is 0.333. The maximum Gasteiger partial charge on any atom is 0.254 e. The number of benzene rings is 3. The van der Waals surface area contributed by atoms with E-state index in [1.54, 1.807) is 11.0 Å². The molecule has 1 N–H and O–H groups in total. The lowest BCUT2D eigenvalue weighted by atomic mass is 9.95. The number of carbonyl (C=O) groups is 2. The molecule has 2 amide bonds. The van der Waals surface area contributed by atoms with Gasteiger partial charge in [-0.1, -0.05) is 66.6 Å². The summed E-state index contributed by atoms with van der Waals surface area (Å²) in [7, 11) is 0. The normalized spacial score (nSPS) is 17.8. The Bertz CT molecular complexity index is 1230. The lowest BCUT2D eigenvalue weighted by Gasteiger charge is -2.36. The van der Waals surface area contributed by atoms with Gasteiger partial charge in [0.25, 0.3) is 11.8 Å². The van der Waals surface area contributed by atoms with Crippen LogP contribution in [-0.4, -0.2) is 41.2 Å². The molecule has 5 nitrogen and oxygen atoms in total. The van der Waals surface area contributed by atoms with Crippen molar-refractivity contribution in [2.75, 3.05) is 19.6 Å². The number of rotatable bonds is 8. The smallest absolute Gasteiger partial charge is 0.254 e. The maximum atomic E-state index is 13.0. The first kappa shape index (κ1) is 24.5. The Balaban J connectivity index is 1.14. The number of likely N-dealkylation sites (tertiary alicyclic amines) is 1. The highest BCUT2D eigenvalue weighted by molar-refractivity contribution is 6.30. The Morgan fingerprint density at radius 2 is 1.86 bits per heavy atom. The van der Waals surface area contributed by atoms with Gasteiger partial charge in [-0.25, -0.2) is 0 Å². The lowest BCUT2D eigenvalue weighted by molar-refractivity contribution is 0.0766. The number of fused-ring (bicyclic) bond motifs is 1. The van der Waals surface area contributed by atoms with Crippen LogP contribution >= 0.6 is 11.6 Å². The van der Waals surface area contributed by atoms with E-state index < -0.39 is 0 Å². The number of halogens is 1. The minimum atomic E-state index is -0.128. The summed E-state index contributed by atoms with van der Waals surface area (Å²) in [5.41, 5.74) is 4.48. The summed E-state index contributed by atoms with van der Waals surface area (Å²) in [4.78, 5) is 30.2. The van der Waals surface area contributed by atoms with Crippen molar-refractivity contribution in [2.24, 2.45) is 0 Å². The zero-order valence-corrected chi connectivity index (χ0v) is 21.2. The number of piperidine rings is 1. The predicted octanol–water partition coefficient (Wildman–Crippen LogP) is 5.84. The highest BCUT2D eigenvalue weighted by atomic mass is 35.5. The van der Waals surface area contributed by atoms with E-state index in [1.165, 1.54) is 24.8 Å². The number of nitrogens with zero attached hydrogens (tertiary/aromatic N) is 2. The minimum Gasteiger partial charge on any atom is -0.352 e. The SMILES string of the molecule is O=C(NCCCN1CCCCC1c1ccccc1)c1ccc2c(c1)C(=O)N(Cc1cccc(Cl)c1)C2. The van der Waals surface area contributed by atoms with Crippen molar-refractivity contribution in [3.63, 3.8) is 0 Å². The fourth-order valence-electron chi connectivity index (χ4n) is 5.38. The monoisotopic (exact) mass is 501 g/mol. The Morgan fingerprint density at radius 3 is 2.69 bits per heavy atom. The molecule has 0 spiro atoms. The average molecular weight is 502 g/mol. The van der Waals surface area contributed by atoms with Crippen LogP contribution in [0, 0.1) is 0 Å². The van der Waals surface area contributed by atoms with E-state index >= 15 is 0 Å². The van der Waals surface area contributed by atoms with Gasteiger partial charge >= 0.3 is 0 Å². The summed E-state index contributed by atoms with van der Waals surface area (Å²) in [5.74, 6) is -0.172. The van der Waals surface area contributed by atoms with Crippen LogP contribution in [0.4, 0.5) is 0 Å². The molecular weight excluding hydrogens is 470 g/mol. The van der Waals surface area contributed by atoms with Crippen molar-refractivity contribution in [1.82, 2.24) is 15.1 Å². The number of nitrogens with one attached hydrogen (secondary N) is 1. The van der Waals surface area contributed by atoms with Gasteiger partial charge in [0.1, 0.15) is 0 Å². The number of amides is 2. The summed E-state index contributed by atoms with van der Waals surface area (Å²) in [6.45, 7) is 3.72. The first-order chi connectivity index (χ1) is 17.6. The van der Waals surface area contributed by atoms with Gasteiger partial charge in [0.15, 0.2) is 0 Å². The third-order valence-electron chi connectivity index (χ3n) is 7.22. The second-order valence-electron chi connectivity index (χ2n) is 9.73. The van der Waals surface area contributed by atoms with Crippen molar-refractivity contribution in [1.29, 1.82) is 0 Å². The molecule has 0 saturated carbocycles. The highest BCUT2D eigenvalue weighted by Crippen LogP contribution is 2.30. The molecule has 36 heavy (non-hydrogen) atoms. The number of hydrogen-bond acceptors (Lipinski definition) is 3. The van der Waals surface area contributed by atoms with Gasteiger partial charge in [-0.15, -0.1) is 0 Å². The van der Waals surface area contributed by atoms with Crippen molar-refractivity contribution in [2.45, 2.75) is 44.8 Å². The van der Waals surface area contributed by atoms with Gasteiger partial charge in [-0.3, -0.25) is 14.5 Å². The van der Waals surface area contributed by atoms with E-state index in [0.29, 0.717) is 41.8 Å². The third kappa shape index (κ3) is 5.63. The van der Waals surface area contributed by atoms with Crippen molar-refractivity contribution < 1.29 is 9.59 Å². The number of hydrogen-bond donors (Lipinski definition) is 1. The van der Waals surface area contributed by atoms with Gasteiger partial charge in [0.2, 0.25) is 0 Å². The second kappa shape index (κ2) is 11.3. The Hall–Kier alpha value is -3.15. The molecule has 1 fully saturated rings. The largest absolute Gasteiger partial charge is 0.352 e. The molecule has 0 bridgehead atoms. The number of carbonyl (C=O) groups excluding carboxylic acids is 2. The van der Waals surface area contributed by atoms with Crippen LogP contribution < -0.4 is 5.32 Å². The summed E-state index contributed by atoms with van der Waals surface area (Å²) in [6.07, 6.45) is 4.58. The molecule has 0 aromatic heterocycles. The second-order valence-corrected chi connectivity index (χ2v) is 10.2. The van der Waals surface area contributed by atoms with Crippen molar-refractivity contribution in [3.8, 4) is 0 Å². The molecule has 0 radical (unpaired) electrons. The topological polar surface area (TPSA) is 52.7 Å². The van der Waals surface area contributed by atoms with Gasteiger partial charge in [-0.2, -0.15) is 0 Å². The molecule has 5 rings (SSSR count). The molecule has 2 heterocycles. The first-order valence-electron chi connectivity index (χ1n) is 12.8. The Labute approximate surface area is 218 Å². The minimum absolute atomic E-state index is 0.0447. The van der Waals surface area contributed by atoms with Crippen LogP contribution in [0.3, 0.4) is 0 Å². The van der Waals surface area contributed by atoms with Crippen LogP contribution in [0.1, 0.15) is 69.1 Å². The van der Waals surface area contributed by atoms with E-state index in [0.717, 1.165) is 30.6 Å². The molecule has 1 unspecified atom stereocenters. The molecule has 2 aliphatic rings. The Morgan fingerprint density at radius 1 is 1.00 bits per heavy atom. The molecule has 186 valence electrons. The first-order valence-corrected chi connectivity index (χ1v) is 13.2. The molecule has 3 aromatic carbocycles. The average Bonchev–Trinajstić information content (AvgIpc) is 3.21. The quantitative estimate of drug-likeness (QED) is 0.394. The van der Waals surface area contributed by atoms with E-state index in [-0.39, 0.29) is 11.8 Å². The van der Waals surface area contributed by atoms with Crippen LogP contribution in [0.2, 0.25) is 5.02 Å². The van der Waals surface area contributed by atoms with Gasteiger partial charge in [0, 0.05) is 48.4 Å². The van der Waals surface area contributed by atoms with Crippen LogP contribution in [0.25, 0.3) is 0 Å². The maximum absolute atomic E-state index is 13.0. The molecular formula is C30H32ClN3O2. The van der Waals surface area contributed by atoms with E-state index in [4.69, 9.17) is 11.6 Å². The Kier molecular flexibility index (Phi) is 7.69.